The number of hydrogen-bond acceptors (Lipinski definition) is 4. The van der Waals surface area contributed by atoms with Crippen LogP contribution in [0.4, 0.5) is 4.79 Å². The van der Waals surface area contributed by atoms with Gasteiger partial charge in [-0.2, -0.15) is 0 Å². The van der Waals surface area contributed by atoms with Gasteiger partial charge in [0.2, 0.25) is 5.91 Å². The highest BCUT2D eigenvalue weighted by molar-refractivity contribution is 5.90. The lowest BCUT2D eigenvalue weighted by Crippen LogP contribution is -2.57. The number of alkyl carbamates (subject to hydrolysis) is 1. The molecule has 0 saturated carbocycles. The molecule has 0 bridgehead atoms. The number of nitrogens with one attached hydrogen (secondary N) is 1. The van der Waals surface area contributed by atoms with E-state index in [0.29, 0.717) is 0 Å². The number of likely N-dealkylation sites (tertiary alicyclic amines) is 1. The first-order chi connectivity index (χ1) is 9.09. The number of carboxylic acids is 1. The highest BCUT2D eigenvalue weighted by atomic mass is 16.6. The molecule has 7 heteroatoms. The molecule has 0 radical (unpaired) electrons. The molecule has 1 heterocycles. The molecule has 1 saturated heterocycles. The Balaban J connectivity index is 2.81. The average Bonchev–Trinajstić information content (AvgIpc) is 2.70. The van der Waals surface area contributed by atoms with E-state index in [0.717, 1.165) is 6.08 Å². The fourth-order valence-electron chi connectivity index (χ4n) is 1.96. The molecule has 0 aromatic carbocycles. The standard InChI is InChI=1S/C13H20N2O5/c1-5-9(16)15-7-6-13(8-15,10(17)18)14-11(19)20-12(2,3)4/h5H,1,6-8H2,2-4H3,(H,14,19)(H,17,18). The molecule has 1 fully saturated rings. The molecule has 0 spiro atoms. The Bertz CT molecular complexity index is 441. The average molecular weight is 284 g/mol. The van der Waals surface area contributed by atoms with Crippen molar-refractivity contribution in [3.63, 3.8) is 0 Å². The summed E-state index contributed by atoms with van der Waals surface area (Å²) >= 11 is 0. The van der Waals surface area contributed by atoms with Crippen molar-refractivity contribution in [2.24, 2.45) is 0 Å². The molecular formula is C13H20N2O5. The normalized spacial score (nSPS) is 22.2. The van der Waals surface area contributed by atoms with Crippen molar-refractivity contribution in [2.75, 3.05) is 13.1 Å². The Morgan fingerprint density at radius 1 is 1.40 bits per heavy atom. The monoisotopic (exact) mass is 284 g/mol. The molecule has 0 aromatic rings. The second-order valence-electron chi connectivity index (χ2n) is 5.73. The third kappa shape index (κ3) is 3.72. The molecule has 0 aromatic heterocycles. The minimum atomic E-state index is -1.51. The van der Waals surface area contributed by atoms with Gasteiger partial charge in [0.25, 0.3) is 0 Å². The van der Waals surface area contributed by atoms with Crippen molar-refractivity contribution in [1.82, 2.24) is 10.2 Å². The number of aliphatic carboxylic acids is 1. The topological polar surface area (TPSA) is 95.9 Å². The van der Waals surface area contributed by atoms with Gasteiger partial charge in [-0.1, -0.05) is 6.58 Å². The summed E-state index contributed by atoms with van der Waals surface area (Å²) in [6, 6.07) is 0. The summed E-state index contributed by atoms with van der Waals surface area (Å²) in [4.78, 5) is 36.0. The van der Waals surface area contributed by atoms with Crippen LogP contribution in [0, 0.1) is 0 Å². The van der Waals surface area contributed by atoms with E-state index in [1.807, 2.05) is 0 Å². The van der Waals surface area contributed by atoms with Crippen LogP contribution in [0.2, 0.25) is 0 Å². The van der Waals surface area contributed by atoms with E-state index in [1.165, 1.54) is 4.90 Å². The molecule has 2 N–H and O–H groups in total. The van der Waals surface area contributed by atoms with E-state index < -0.39 is 23.2 Å². The first kappa shape index (κ1) is 16.0. The first-order valence-corrected chi connectivity index (χ1v) is 6.25. The van der Waals surface area contributed by atoms with Crippen molar-refractivity contribution in [3.05, 3.63) is 12.7 Å². The molecular weight excluding hydrogens is 264 g/mol. The summed E-state index contributed by atoms with van der Waals surface area (Å²) in [5.74, 6) is -1.55. The minimum Gasteiger partial charge on any atom is -0.479 e. The van der Waals surface area contributed by atoms with Gasteiger partial charge in [0.1, 0.15) is 5.60 Å². The summed E-state index contributed by atoms with van der Waals surface area (Å²) in [5.41, 5.74) is -2.24. The number of amides is 2. The molecule has 1 atom stereocenters. The predicted molar refractivity (Wildman–Crippen MR) is 71.1 cm³/mol. The Kier molecular flexibility index (Phi) is 4.42. The lowest BCUT2D eigenvalue weighted by atomic mass is 9.99. The van der Waals surface area contributed by atoms with Crippen molar-refractivity contribution < 1.29 is 24.2 Å². The van der Waals surface area contributed by atoms with Gasteiger partial charge in [0.15, 0.2) is 5.54 Å². The van der Waals surface area contributed by atoms with Gasteiger partial charge in [-0.25, -0.2) is 9.59 Å². The molecule has 112 valence electrons. The maximum atomic E-state index is 11.8. The van der Waals surface area contributed by atoms with Crippen molar-refractivity contribution in [2.45, 2.75) is 38.3 Å². The van der Waals surface area contributed by atoms with Crippen molar-refractivity contribution in [3.8, 4) is 0 Å². The zero-order chi connectivity index (χ0) is 15.6. The first-order valence-electron chi connectivity index (χ1n) is 6.25. The fourth-order valence-corrected chi connectivity index (χ4v) is 1.96. The molecule has 1 aliphatic rings. The van der Waals surface area contributed by atoms with Crippen LogP contribution in [-0.4, -0.2) is 52.2 Å². The van der Waals surface area contributed by atoms with Gasteiger partial charge in [-0.15, -0.1) is 0 Å². The van der Waals surface area contributed by atoms with E-state index in [-0.39, 0.29) is 25.4 Å². The van der Waals surface area contributed by atoms with E-state index in [4.69, 9.17) is 4.74 Å². The maximum absolute atomic E-state index is 11.8. The van der Waals surface area contributed by atoms with Gasteiger partial charge in [0.05, 0.1) is 6.54 Å². The summed E-state index contributed by atoms with van der Waals surface area (Å²) in [5, 5.41) is 11.7. The fraction of sp³-hybridized carbons (Fsp3) is 0.615. The van der Waals surface area contributed by atoms with E-state index in [2.05, 4.69) is 11.9 Å². The minimum absolute atomic E-state index is 0.105. The van der Waals surface area contributed by atoms with Crippen LogP contribution in [0.5, 0.6) is 0 Å². The zero-order valence-electron chi connectivity index (χ0n) is 11.9. The van der Waals surface area contributed by atoms with E-state index >= 15 is 0 Å². The van der Waals surface area contributed by atoms with Crippen LogP contribution < -0.4 is 5.32 Å². The zero-order valence-corrected chi connectivity index (χ0v) is 11.9. The Hall–Kier alpha value is -2.05. The highest BCUT2D eigenvalue weighted by Crippen LogP contribution is 2.23. The third-order valence-corrected chi connectivity index (χ3v) is 2.91. The van der Waals surface area contributed by atoms with E-state index in [1.54, 1.807) is 20.8 Å². The lowest BCUT2D eigenvalue weighted by molar-refractivity contribution is -0.144. The molecule has 20 heavy (non-hydrogen) atoms. The Morgan fingerprint density at radius 3 is 2.45 bits per heavy atom. The van der Waals surface area contributed by atoms with Gasteiger partial charge in [-0.05, 0) is 26.8 Å². The van der Waals surface area contributed by atoms with E-state index in [9.17, 15) is 19.5 Å². The molecule has 2 amide bonds. The summed E-state index contributed by atoms with van der Waals surface area (Å²) < 4.78 is 5.06. The third-order valence-electron chi connectivity index (χ3n) is 2.91. The molecule has 1 unspecified atom stereocenters. The summed E-state index contributed by atoms with van der Waals surface area (Å²) in [7, 11) is 0. The number of carbonyl (C=O) groups is 3. The second-order valence-corrected chi connectivity index (χ2v) is 5.73. The smallest absolute Gasteiger partial charge is 0.408 e. The van der Waals surface area contributed by atoms with Gasteiger partial charge < -0.3 is 20.1 Å². The quantitative estimate of drug-likeness (QED) is 0.746. The number of ether oxygens (including phenoxy) is 1. The molecule has 1 aliphatic heterocycles. The SMILES string of the molecule is C=CC(=O)N1CCC(NC(=O)OC(C)(C)C)(C(=O)O)C1. The molecule has 7 nitrogen and oxygen atoms in total. The number of carboxylic acid groups (broad SMARTS) is 1. The van der Waals surface area contributed by atoms with Crippen LogP contribution in [0.15, 0.2) is 12.7 Å². The van der Waals surface area contributed by atoms with Gasteiger partial charge >= 0.3 is 12.1 Å². The number of carbonyl (C=O) groups excluding carboxylic acids is 2. The largest absolute Gasteiger partial charge is 0.479 e. The van der Waals surface area contributed by atoms with Crippen LogP contribution in [0.1, 0.15) is 27.2 Å². The Morgan fingerprint density at radius 2 is 2.00 bits per heavy atom. The van der Waals surface area contributed by atoms with Crippen LogP contribution >= 0.6 is 0 Å². The van der Waals surface area contributed by atoms with Gasteiger partial charge in [0, 0.05) is 13.0 Å². The molecule has 0 aliphatic carbocycles. The highest BCUT2D eigenvalue weighted by Gasteiger charge is 2.47. The maximum Gasteiger partial charge on any atom is 0.408 e. The lowest BCUT2D eigenvalue weighted by Gasteiger charge is -2.28. The summed E-state index contributed by atoms with van der Waals surface area (Å²) in [6.45, 7) is 8.54. The summed E-state index contributed by atoms with van der Waals surface area (Å²) in [6.07, 6.45) is 0.430. The second kappa shape index (κ2) is 5.52. The van der Waals surface area contributed by atoms with Crippen LogP contribution in [-0.2, 0) is 14.3 Å². The van der Waals surface area contributed by atoms with Gasteiger partial charge in [-0.3, -0.25) is 4.79 Å². The van der Waals surface area contributed by atoms with Crippen LogP contribution in [0.25, 0.3) is 0 Å². The van der Waals surface area contributed by atoms with Crippen LogP contribution in [0.3, 0.4) is 0 Å². The number of rotatable bonds is 3. The Labute approximate surface area is 117 Å². The number of hydrogen-bond donors (Lipinski definition) is 2. The van der Waals surface area contributed by atoms with Crippen molar-refractivity contribution in [1.29, 1.82) is 0 Å². The number of nitrogens with zero attached hydrogens (tertiary/aromatic N) is 1. The predicted octanol–water partition coefficient (Wildman–Crippen LogP) is 0.753. The van der Waals surface area contributed by atoms with Crippen molar-refractivity contribution >= 4 is 18.0 Å². The molecule has 1 rings (SSSR count).